The summed E-state index contributed by atoms with van der Waals surface area (Å²) in [4.78, 5) is 0. The van der Waals surface area contributed by atoms with Crippen molar-refractivity contribution >= 4 is 54.3 Å². The molecule has 0 spiro atoms. The van der Waals surface area contributed by atoms with Gasteiger partial charge in [0, 0.05) is 16.3 Å². The fraction of sp³-hybridized carbons (Fsp3) is 0. The van der Waals surface area contributed by atoms with Crippen molar-refractivity contribution in [1.29, 1.82) is 0 Å². The average molecular weight is 640 g/mol. The van der Waals surface area contributed by atoms with Gasteiger partial charge in [-0.1, -0.05) is 176 Å². The summed E-state index contributed by atoms with van der Waals surface area (Å²) in [5, 5.41) is 1.47. The fourth-order valence-corrected chi connectivity index (χ4v) is 6.84. The van der Waals surface area contributed by atoms with Crippen molar-refractivity contribution in [2.45, 2.75) is 0 Å². The van der Waals surface area contributed by atoms with Gasteiger partial charge in [0.05, 0.1) is 23.3 Å². The molecule has 0 radical (unpaired) electrons. The van der Waals surface area contributed by atoms with Crippen molar-refractivity contribution in [2.24, 2.45) is 0 Å². The molecule has 0 fully saturated rings. The van der Waals surface area contributed by atoms with E-state index < -0.39 is 136 Å². The van der Waals surface area contributed by atoms with Crippen LogP contribution >= 0.6 is 0 Å². The Morgan fingerprint density at radius 3 is 1.61 bits per heavy atom. The lowest BCUT2D eigenvalue weighted by atomic mass is 9.83. The number of furan rings is 1. The lowest BCUT2D eigenvalue weighted by Gasteiger charge is -2.19. The van der Waals surface area contributed by atoms with Crippen LogP contribution in [-0.4, -0.2) is 0 Å². The van der Waals surface area contributed by atoms with E-state index in [-0.39, 0.29) is 27.1 Å². The molecule has 10 aromatic rings. The third-order valence-electron chi connectivity index (χ3n) is 8.87. The van der Waals surface area contributed by atoms with E-state index in [9.17, 15) is 8.22 Å². The van der Waals surface area contributed by atoms with Crippen LogP contribution in [0.25, 0.3) is 98.8 Å². The molecular weight excluding hydrogens is 593 g/mol. The van der Waals surface area contributed by atoms with Crippen LogP contribution < -0.4 is 0 Å². The summed E-state index contributed by atoms with van der Waals surface area (Å²) in [6, 6.07) is 12.4. The molecule has 228 valence electrons. The highest BCUT2D eigenvalue weighted by molar-refractivity contribution is 6.25. The molecule has 0 aliphatic carbocycles. The number of fused-ring (bicyclic) bond motifs is 6. The Bertz CT molecular complexity index is 3760. The van der Waals surface area contributed by atoms with E-state index in [4.69, 9.17) is 19.5 Å². The summed E-state index contributed by atoms with van der Waals surface area (Å²) >= 11 is 0. The molecule has 49 heavy (non-hydrogen) atoms. The molecule has 1 nitrogen and oxygen atoms in total. The Morgan fingerprint density at radius 1 is 0.347 bits per heavy atom. The van der Waals surface area contributed by atoms with Gasteiger partial charge in [-0.15, -0.1) is 0 Å². The minimum atomic E-state index is -0.793. The molecule has 9 aromatic carbocycles. The molecular formula is C48H30O. The average Bonchev–Trinajstić information content (AvgIpc) is 3.72. The van der Waals surface area contributed by atoms with Crippen molar-refractivity contribution in [1.82, 2.24) is 0 Å². The molecule has 0 atom stereocenters. The highest BCUT2D eigenvalue weighted by Crippen LogP contribution is 2.48. The zero-order chi connectivity index (χ0) is 47.1. The van der Waals surface area contributed by atoms with Gasteiger partial charge < -0.3 is 4.42 Å². The van der Waals surface area contributed by atoms with Crippen LogP contribution in [0.15, 0.2) is 186 Å². The molecule has 0 N–H and O–H groups in total. The molecule has 1 aromatic heterocycles. The third kappa shape index (κ3) is 4.26. The predicted octanol–water partition coefficient (Wildman–Crippen LogP) is 13.7. The van der Waals surface area contributed by atoms with Gasteiger partial charge in [0.1, 0.15) is 11.2 Å². The van der Waals surface area contributed by atoms with Gasteiger partial charge in [-0.05, 0) is 77.3 Å². The van der Waals surface area contributed by atoms with Gasteiger partial charge in [0.25, 0.3) is 0 Å². The van der Waals surface area contributed by atoms with Crippen LogP contribution in [-0.2, 0) is 0 Å². The normalized spacial score (nSPS) is 16.5. The third-order valence-corrected chi connectivity index (χ3v) is 8.87. The maximum absolute atomic E-state index is 9.93. The summed E-state index contributed by atoms with van der Waals surface area (Å²) < 4.78 is 160. The molecule has 10 rings (SSSR count). The summed E-state index contributed by atoms with van der Waals surface area (Å²) in [6.07, 6.45) is 0. The van der Waals surface area contributed by atoms with Crippen LogP contribution in [0.3, 0.4) is 0 Å². The highest BCUT2D eigenvalue weighted by Gasteiger charge is 2.21. The molecule has 0 unspecified atom stereocenters. The first kappa shape index (κ1) is 15.6. The lowest BCUT2D eigenvalue weighted by Crippen LogP contribution is -1.92. The Kier molecular flexibility index (Phi) is 3.54. The Hall–Kier alpha value is -6.44. The van der Waals surface area contributed by atoms with Crippen molar-refractivity contribution in [3.05, 3.63) is 182 Å². The largest absolute Gasteiger partial charge is 0.455 e. The van der Waals surface area contributed by atoms with Crippen LogP contribution in [0.2, 0.25) is 0 Å². The first-order valence-electron chi connectivity index (χ1n) is 24.0. The maximum Gasteiger partial charge on any atom is 0.143 e. The second-order valence-corrected chi connectivity index (χ2v) is 11.5. The SMILES string of the molecule is [2H]c1c([2H])c([2H])c(-c2c([2H])c([2H])c([2H])c3c2oc2c([2H])c([2H])c([2H])c(-c4c([2H])c([2H])c(-c5c6ccccc6c(-c6ccccc6)c6ccccc56)c5c([2H])c([2H])c([2H])c([2H])c45)c23)c([2H])c1[2H]. The summed E-state index contributed by atoms with van der Waals surface area (Å²) in [7, 11) is 0. The molecule has 1 heteroatoms. The number of rotatable bonds is 4. The zero-order valence-corrected chi connectivity index (χ0v) is 25.4. The fourth-order valence-electron chi connectivity index (χ4n) is 6.84. The van der Waals surface area contributed by atoms with Crippen LogP contribution in [0.1, 0.15) is 23.3 Å². The number of benzene rings is 9. The first-order chi connectivity index (χ1) is 31.4. The second kappa shape index (κ2) is 11.1. The Labute approximate surface area is 308 Å². The Morgan fingerprint density at radius 2 is 0.898 bits per heavy atom. The summed E-state index contributed by atoms with van der Waals surface area (Å²) in [6.45, 7) is 0. The second-order valence-electron chi connectivity index (χ2n) is 11.5. The van der Waals surface area contributed by atoms with Crippen LogP contribution in [0.4, 0.5) is 0 Å². The lowest BCUT2D eigenvalue weighted by molar-refractivity contribution is 0.670. The van der Waals surface area contributed by atoms with Crippen molar-refractivity contribution in [2.75, 3.05) is 0 Å². The number of hydrogen-bond donors (Lipinski definition) is 0. The topological polar surface area (TPSA) is 13.1 Å². The number of para-hydroxylation sites is 1. The van der Waals surface area contributed by atoms with E-state index in [1.165, 1.54) is 0 Å². The van der Waals surface area contributed by atoms with E-state index in [0.29, 0.717) is 16.3 Å². The minimum absolute atomic E-state index is 0.0160. The molecule has 0 aliphatic rings. The zero-order valence-electron chi connectivity index (χ0n) is 42.4. The van der Waals surface area contributed by atoms with Crippen LogP contribution in [0.5, 0.6) is 0 Å². The van der Waals surface area contributed by atoms with Gasteiger partial charge in [0.2, 0.25) is 0 Å². The van der Waals surface area contributed by atoms with Crippen LogP contribution in [0, 0.1) is 0 Å². The summed E-state index contributed by atoms with van der Waals surface area (Å²) in [5.41, 5.74) is -0.794. The molecule has 0 bridgehead atoms. The van der Waals surface area contributed by atoms with E-state index in [0.717, 1.165) is 21.9 Å². The Balaban J connectivity index is 1.44. The van der Waals surface area contributed by atoms with Gasteiger partial charge in [0.15, 0.2) is 0 Å². The molecule has 0 amide bonds. The molecule has 0 saturated carbocycles. The van der Waals surface area contributed by atoms with Gasteiger partial charge in [-0.25, -0.2) is 0 Å². The number of hydrogen-bond acceptors (Lipinski definition) is 1. The van der Waals surface area contributed by atoms with Gasteiger partial charge in [-0.3, -0.25) is 0 Å². The summed E-state index contributed by atoms with van der Waals surface area (Å²) in [5.74, 6) is 0. The van der Waals surface area contributed by atoms with E-state index >= 15 is 0 Å². The standard InChI is InChI=1S/C48H30O/c1-3-15-31(16-4-1)33-25-13-27-43-47-37(26-14-28-44(47)49-48(33)43)36-29-30-42(35-20-8-7-19-34(35)36)46-40-23-11-9-21-38(40)45(32-17-5-2-6-18-32)39-22-10-12-24-41(39)46/h1-30H/i1D,3D,4D,7D,8D,13D,14D,15D,16D,19D,20D,25D,26D,27D,28D,29D,30D. The molecule has 1 heterocycles. The van der Waals surface area contributed by atoms with Gasteiger partial charge in [-0.2, -0.15) is 0 Å². The molecule has 0 saturated heterocycles. The van der Waals surface area contributed by atoms with Gasteiger partial charge >= 0.3 is 0 Å². The van der Waals surface area contributed by atoms with Crippen molar-refractivity contribution < 1.29 is 27.7 Å². The maximum atomic E-state index is 9.93. The van der Waals surface area contributed by atoms with E-state index in [2.05, 4.69) is 0 Å². The van der Waals surface area contributed by atoms with Crippen molar-refractivity contribution in [3.8, 4) is 44.5 Å². The monoisotopic (exact) mass is 639 g/mol. The minimum Gasteiger partial charge on any atom is -0.455 e. The van der Waals surface area contributed by atoms with E-state index in [1.807, 2.05) is 66.7 Å². The smallest absolute Gasteiger partial charge is 0.143 e. The predicted molar refractivity (Wildman–Crippen MR) is 208 cm³/mol. The van der Waals surface area contributed by atoms with E-state index in [1.54, 1.807) is 12.1 Å². The first-order valence-corrected chi connectivity index (χ1v) is 15.5. The van der Waals surface area contributed by atoms with Crippen molar-refractivity contribution in [3.63, 3.8) is 0 Å². The molecule has 0 aliphatic heterocycles. The quantitative estimate of drug-likeness (QED) is 0.175. The highest BCUT2D eigenvalue weighted by atomic mass is 16.3.